The molecule has 12 nitrogen and oxygen atoms in total. The normalized spacial score (nSPS) is 16.7. The van der Waals surface area contributed by atoms with Crippen molar-refractivity contribution in [3.8, 4) is 5.75 Å². The van der Waals surface area contributed by atoms with Crippen molar-refractivity contribution >= 4 is 60.0 Å². The number of amides is 3. The fourth-order valence-electron chi connectivity index (χ4n) is 5.15. The lowest BCUT2D eigenvalue weighted by molar-refractivity contribution is -0.137. The summed E-state index contributed by atoms with van der Waals surface area (Å²) in [5, 5.41) is 2.28. The second-order valence-electron chi connectivity index (χ2n) is 10.3. The molecule has 3 amide bonds. The SMILES string of the molecule is COc1ccc2ccc(S(=O)(=O)NC(Cc3cc4c(N)nccc4s3)C(=O)N3CCN(C(N)=O)C(N(C)C)C3)cc2c1. The van der Waals surface area contributed by atoms with Crippen LogP contribution in [-0.2, 0) is 21.2 Å². The number of hydrogen-bond donors (Lipinski definition) is 3. The van der Waals surface area contributed by atoms with E-state index in [1.165, 1.54) is 22.3 Å². The molecule has 2 unspecified atom stereocenters. The van der Waals surface area contributed by atoms with Gasteiger partial charge in [-0.05, 0) is 61.3 Å². The van der Waals surface area contributed by atoms with Crippen molar-refractivity contribution in [1.82, 2.24) is 24.4 Å². The van der Waals surface area contributed by atoms with E-state index in [1.54, 1.807) is 61.5 Å². The number of fused-ring (bicyclic) bond motifs is 2. The Morgan fingerprint density at radius 3 is 2.60 bits per heavy atom. The maximum absolute atomic E-state index is 14.0. The van der Waals surface area contributed by atoms with E-state index in [9.17, 15) is 18.0 Å². The minimum Gasteiger partial charge on any atom is -0.497 e. The number of rotatable bonds is 8. The maximum Gasteiger partial charge on any atom is 0.316 e. The summed E-state index contributed by atoms with van der Waals surface area (Å²) in [6.07, 6.45) is 1.25. The van der Waals surface area contributed by atoms with Crippen LogP contribution in [0.15, 0.2) is 59.6 Å². The van der Waals surface area contributed by atoms with Crippen molar-refractivity contribution in [1.29, 1.82) is 0 Å². The molecule has 0 bridgehead atoms. The Bertz CT molecular complexity index is 1760. The lowest BCUT2D eigenvalue weighted by Crippen LogP contribution is -2.64. The average molecular weight is 612 g/mol. The third-order valence-electron chi connectivity index (χ3n) is 7.40. The molecule has 1 fully saturated rings. The molecule has 222 valence electrons. The summed E-state index contributed by atoms with van der Waals surface area (Å²) in [6, 6.07) is 12.2. The van der Waals surface area contributed by atoms with E-state index in [0.717, 1.165) is 20.3 Å². The average Bonchev–Trinajstić information content (AvgIpc) is 3.39. The van der Waals surface area contributed by atoms with Crippen molar-refractivity contribution in [3.05, 3.63) is 59.6 Å². The van der Waals surface area contributed by atoms with Crippen molar-refractivity contribution in [2.24, 2.45) is 5.73 Å². The zero-order chi connectivity index (χ0) is 30.2. The largest absolute Gasteiger partial charge is 0.497 e. The number of likely N-dealkylation sites (N-methyl/N-ethyl adjacent to an activating group) is 1. The monoisotopic (exact) mass is 611 g/mol. The van der Waals surface area contributed by atoms with E-state index < -0.39 is 34.2 Å². The summed E-state index contributed by atoms with van der Waals surface area (Å²) in [4.78, 5) is 35.8. The topological polar surface area (TPSA) is 164 Å². The lowest BCUT2D eigenvalue weighted by Gasteiger charge is -2.44. The quantitative estimate of drug-likeness (QED) is 0.272. The predicted octanol–water partition coefficient (Wildman–Crippen LogP) is 2.04. The Balaban J connectivity index is 1.48. The van der Waals surface area contributed by atoms with Crippen LogP contribution in [0.5, 0.6) is 5.75 Å². The first-order valence-electron chi connectivity index (χ1n) is 13.2. The zero-order valence-electron chi connectivity index (χ0n) is 23.5. The number of anilines is 1. The second kappa shape index (κ2) is 11.7. The van der Waals surface area contributed by atoms with Crippen molar-refractivity contribution < 1.29 is 22.7 Å². The molecule has 2 aromatic heterocycles. The number of carbonyl (C=O) groups excluding carboxylic acids is 2. The molecule has 2 aromatic carbocycles. The summed E-state index contributed by atoms with van der Waals surface area (Å²) >= 11 is 1.42. The van der Waals surface area contributed by atoms with Gasteiger partial charge in [0.05, 0.1) is 18.6 Å². The van der Waals surface area contributed by atoms with Gasteiger partial charge in [-0.2, -0.15) is 4.72 Å². The number of sulfonamides is 1. The number of piperazine rings is 1. The number of urea groups is 1. The van der Waals surface area contributed by atoms with Gasteiger partial charge in [0.15, 0.2) is 0 Å². The van der Waals surface area contributed by atoms with Gasteiger partial charge in [-0.3, -0.25) is 9.69 Å². The van der Waals surface area contributed by atoms with E-state index in [0.29, 0.717) is 17.0 Å². The molecule has 2 atom stereocenters. The molecule has 5 N–H and O–H groups in total. The summed E-state index contributed by atoms with van der Waals surface area (Å²) < 4.78 is 36.3. The number of methoxy groups -OCH3 is 1. The molecule has 0 aliphatic carbocycles. The van der Waals surface area contributed by atoms with E-state index >= 15 is 0 Å². The summed E-state index contributed by atoms with van der Waals surface area (Å²) in [6.45, 7) is 0.608. The van der Waals surface area contributed by atoms with Gasteiger partial charge in [0, 0.05) is 40.7 Å². The van der Waals surface area contributed by atoms with Gasteiger partial charge in [-0.1, -0.05) is 12.1 Å². The third-order valence-corrected chi connectivity index (χ3v) is 9.99. The van der Waals surface area contributed by atoms with Crippen LogP contribution in [0.1, 0.15) is 4.88 Å². The number of nitrogens with one attached hydrogen (secondary N) is 1. The fourth-order valence-corrected chi connectivity index (χ4v) is 7.49. The first kappa shape index (κ1) is 29.5. The Hall–Kier alpha value is -3.98. The number of nitrogens with two attached hydrogens (primary N) is 2. The van der Waals surface area contributed by atoms with Gasteiger partial charge in [-0.15, -0.1) is 11.3 Å². The highest BCUT2D eigenvalue weighted by Gasteiger charge is 2.37. The van der Waals surface area contributed by atoms with Crippen molar-refractivity contribution in [3.63, 3.8) is 0 Å². The number of nitrogen functional groups attached to an aromatic ring is 1. The minimum absolute atomic E-state index is 0.0237. The molecule has 0 spiro atoms. The number of nitrogens with zero attached hydrogens (tertiary/aromatic N) is 4. The van der Waals surface area contributed by atoms with Crippen LogP contribution >= 0.6 is 11.3 Å². The predicted molar refractivity (Wildman–Crippen MR) is 163 cm³/mol. The molecule has 4 aromatic rings. The third kappa shape index (κ3) is 5.97. The van der Waals surface area contributed by atoms with Crippen LogP contribution < -0.4 is 20.9 Å². The van der Waals surface area contributed by atoms with E-state index in [2.05, 4.69) is 9.71 Å². The first-order valence-corrected chi connectivity index (χ1v) is 15.5. The second-order valence-corrected chi connectivity index (χ2v) is 13.2. The summed E-state index contributed by atoms with van der Waals surface area (Å²) in [5.41, 5.74) is 11.6. The highest BCUT2D eigenvalue weighted by molar-refractivity contribution is 7.89. The van der Waals surface area contributed by atoms with Gasteiger partial charge in [0.2, 0.25) is 15.9 Å². The number of thiophene rings is 1. The van der Waals surface area contributed by atoms with Gasteiger partial charge in [-0.25, -0.2) is 18.2 Å². The standard InChI is InChI=1S/C28H33N7O5S2/c1-33(2)25-16-34(10-11-35(25)28(30)37)27(36)23(15-20-14-22-24(41-20)8-9-31-26(22)29)32-42(38,39)21-7-5-17-4-6-19(40-3)12-18(17)13-21/h4-9,12-14,23,25,32H,10-11,15-16H2,1-3H3,(H2,29,31)(H2,30,37). The molecular formula is C28H33N7O5S2. The molecule has 5 rings (SSSR count). The van der Waals surface area contributed by atoms with Crippen LogP contribution in [0.4, 0.5) is 10.6 Å². The Labute approximate surface area is 247 Å². The highest BCUT2D eigenvalue weighted by atomic mass is 32.2. The van der Waals surface area contributed by atoms with E-state index in [4.69, 9.17) is 16.2 Å². The molecule has 0 radical (unpaired) electrons. The Kier molecular flexibility index (Phi) is 8.23. The van der Waals surface area contributed by atoms with Crippen LogP contribution in [0, 0.1) is 0 Å². The lowest BCUT2D eigenvalue weighted by atomic mass is 10.1. The minimum atomic E-state index is -4.13. The van der Waals surface area contributed by atoms with Crippen molar-refractivity contribution in [2.45, 2.75) is 23.5 Å². The van der Waals surface area contributed by atoms with Gasteiger partial charge in [0.25, 0.3) is 0 Å². The number of pyridine rings is 1. The molecule has 1 aliphatic rings. The number of hydrogen-bond acceptors (Lipinski definition) is 9. The molecule has 3 heterocycles. The highest BCUT2D eigenvalue weighted by Crippen LogP contribution is 2.30. The van der Waals surface area contributed by atoms with E-state index in [1.807, 2.05) is 18.2 Å². The smallest absolute Gasteiger partial charge is 0.316 e. The zero-order valence-corrected chi connectivity index (χ0v) is 25.1. The van der Waals surface area contributed by atoms with Gasteiger partial charge >= 0.3 is 6.03 Å². The fraction of sp³-hybridized carbons (Fsp3) is 0.321. The van der Waals surface area contributed by atoms with Gasteiger partial charge in [0.1, 0.15) is 23.8 Å². The van der Waals surface area contributed by atoms with E-state index in [-0.39, 0.29) is 31.0 Å². The van der Waals surface area contributed by atoms with Crippen molar-refractivity contribution in [2.75, 3.05) is 46.6 Å². The number of aromatic nitrogens is 1. The summed E-state index contributed by atoms with van der Waals surface area (Å²) in [7, 11) is 0.992. The molecule has 0 saturated carbocycles. The first-order chi connectivity index (χ1) is 20.0. The number of ether oxygens (including phenoxy) is 1. The van der Waals surface area contributed by atoms with Crippen LogP contribution in [0.2, 0.25) is 0 Å². The van der Waals surface area contributed by atoms with Gasteiger partial charge < -0.3 is 26.0 Å². The molecular weight excluding hydrogens is 578 g/mol. The number of carbonyl (C=O) groups is 2. The Morgan fingerprint density at radius 2 is 1.90 bits per heavy atom. The maximum atomic E-state index is 14.0. The molecule has 1 aliphatic heterocycles. The Morgan fingerprint density at radius 1 is 1.14 bits per heavy atom. The molecule has 14 heteroatoms. The van der Waals surface area contributed by atoms with Crippen LogP contribution in [-0.4, -0.2) is 93.1 Å². The number of primary amides is 1. The summed E-state index contributed by atoms with van der Waals surface area (Å²) in [5.74, 6) is 0.559. The van der Waals surface area contributed by atoms with Crippen LogP contribution in [0.25, 0.3) is 20.9 Å². The molecule has 1 saturated heterocycles. The van der Waals surface area contributed by atoms with Crippen LogP contribution in [0.3, 0.4) is 0 Å². The molecule has 42 heavy (non-hydrogen) atoms. The number of benzene rings is 2.